The minimum atomic E-state index is -0.252. The first-order valence-electron chi connectivity index (χ1n) is 5.47. The Kier molecular flexibility index (Phi) is 3.66. The zero-order chi connectivity index (χ0) is 11.5. The van der Waals surface area contributed by atoms with Crippen molar-refractivity contribution in [3.8, 4) is 0 Å². The molecule has 2 heterocycles. The second-order valence-corrected chi connectivity index (χ2v) is 4.71. The Hall–Kier alpha value is -0.810. The van der Waals surface area contributed by atoms with Crippen molar-refractivity contribution < 1.29 is 9.15 Å². The number of hydrogen-bond donors (Lipinski definition) is 0. The highest BCUT2D eigenvalue weighted by molar-refractivity contribution is 6.20. The fourth-order valence-electron chi connectivity index (χ4n) is 1.71. The Labute approximate surface area is 99.7 Å². The molecular weight excluding hydrogens is 230 g/mol. The lowest BCUT2D eigenvalue weighted by Gasteiger charge is -2.17. The van der Waals surface area contributed by atoms with Crippen LogP contribution in [0.4, 0.5) is 6.01 Å². The topological polar surface area (TPSA) is 51.4 Å². The highest BCUT2D eigenvalue weighted by Crippen LogP contribution is 2.22. The lowest BCUT2D eigenvalue weighted by Crippen LogP contribution is -2.28. The van der Waals surface area contributed by atoms with Crippen LogP contribution in [0.3, 0.4) is 0 Å². The molecule has 1 saturated heterocycles. The van der Waals surface area contributed by atoms with E-state index in [-0.39, 0.29) is 11.5 Å². The molecule has 2 rings (SSSR count). The second kappa shape index (κ2) is 5.01. The van der Waals surface area contributed by atoms with Crippen molar-refractivity contribution in [1.29, 1.82) is 0 Å². The second-order valence-electron chi connectivity index (χ2n) is 4.05. The summed E-state index contributed by atoms with van der Waals surface area (Å²) < 4.78 is 11.0. The molecule has 1 aromatic heterocycles. The Morgan fingerprint density at radius 3 is 2.94 bits per heavy atom. The third kappa shape index (κ3) is 2.65. The first-order valence-corrected chi connectivity index (χ1v) is 5.90. The quantitative estimate of drug-likeness (QED) is 0.760. The number of rotatable bonds is 4. The van der Waals surface area contributed by atoms with Crippen molar-refractivity contribution in [2.75, 3.05) is 25.1 Å². The van der Waals surface area contributed by atoms with Gasteiger partial charge in [0.2, 0.25) is 5.89 Å². The van der Waals surface area contributed by atoms with Crippen molar-refractivity contribution in [2.45, 2.75) is 31.2 Å². The molecule has 16 heavy (non-hydrogen) atoms. The SMILES string of the molecule is CC(Cl)c1nnc(N(C)CC2CCCO2)o1. The first kappa shape index (κ1) is 11.7. The molecule has 6 heteroatoms. The summed E-state index contributed by atoms with van der Waals surface area (Å²) in [5.41, 5.74) is 0. The third-order valence-corrected chi connectivity index (χ3v) is 2.78. The normalized spacial score (nSPS) is 22.3. The summed E-state index contributed by atoms with van der Waals surface area (Å²) in [5.74, 6) is 0.454. The van der Waals surface area contributed by atoms with Gasteiger partial charge in [-0.2, -0.15) is 0 Å². The molecule has 0 bridgehead atoms. The monoisotopic (exact) mass is 245 g/mol. The van der Waals surface area contributed by atoms with Gasteiger partial charge in [0.15, 0.2) is 0 Å². The number of alkyl halides is 1. The Balaban J connectivity index is 1.94. The van der Waals surface area contributed by atoms with Crippen molar-refractivity contribution in [3.63, 3.8) is 0 Å². The molecular formula is C10H16ClN3O2. The van der Waals surface area contributed by atoms with Gasteiger partial charge in [-0.1, -0.05) is 5.10 Å². The number of aromatic nitrogens is 2. The van der Waals surface area contributed by atoms with Crippen LogP contribution in [0.5, 0.6) is 0 Å². The third-order valence-electron chi connectivity index (χ3n) is 2.60. The van der Waals surface area contributed by atoms with Gasteiger partial charge in [0.05, 0.1) is 6.10 Å². The van der Waals surface area contributed by atoms with E-state index in [0.717, 1.165) is 26.0 Å². The van der Waals surface area contributed by atoms with Gasteiger partial charge in [0.25, 0.3) is 0 Å². The smallest absolute Gasteiger partial charge is 0.318 e. The van der Waals surface area contributed by atoms with Crippen LogP contribution in [-0.4, -0.2) is 36.5 Å². The van der Waals surface area contributed by atoms with E-state index in [1.807, 2.05) is 11.9 Å². The van der Waals surface area contributed by atoms with Crippen molar-refractivity contribution in [2.24, 2.45) is 0 Å². The first-order chi connectivity index (χ1) is 7.66. The Morgan fingerprint density at radius 2 is 2.38 bits per heavy atom. The lowest BCUT2D eigenvalue weighted by molar-refractivity contribution is 0.115. The zero-order valence-corrected chi connectivity index (χ0v) is 10.3. The van der Waals surface area contributed by atoms with Crippen LogP contribution in [0.25, 0.3) is 0 Å². The fourth-order valence-corrected chi connectivity index (χ4v) is 1.80. The lowest BCUT2D eigenvalue weighted by atomic mass is 10.2. The molecule has 1 aliphatic rings. The van der Waals surface area contributed by atoms with Crippen LogP contribution in [0, 0.1) is 0 Å². The summed E-state index contributed by atoms with van der Waals surface area (Å²) >= 11 is 5.85. The van der Waals surface area contributed by atoms with Crippen LogP contribution in [0.2, 0.25) is 0 Å². The summed E-state index contributed by atoms with van der Waals surface area (Å²) in [6.45, 7) is 3.43. The van der Waals surface area contributed by atoms with E-state index in [4.69, 9.17) is 20.8 Å². The minimum absolute atomic E-state index is 0.252. The zero-order valence-electron chi connectivity index (χ0n) is 9.52. The van der Waals surface area contributed by atoms with E-state index >= 15 is 0 Å². The molecule has 1 fully saturated rings. The molecule has 1 aliphatic heterocycles. The molecule has 90 valence electrons. The van der Waals surface area contributed by atoms with Gasteiger partial charge in [-0.25, -0.2) is 0 Å². The maximum atomic E-state index is 5.85. The van der Waals surface area contributed by atoms with Gasteiger partial charge in [0.1, 0.15) is 5.38 Å². The van der Waals surface area contributed by atoms with E-state index in [1.165, 1.54) is 0 Å². The van der Waals surface area contributed by atoms with E-state index in [2.05, 4.69) is 10.2 Å². The molecule has 0 radical (unpaired) electrons. The van der Waals surface area contributed by atoms with Gasteiger partial charge >= 0.3 is 6.01 Å². The number of anilines is 1. The number of hydrogen-bond acceptors (Lipinski definition) is 5. The van der Waals surface area contributed by atoms with Crippen LogP contribution >= 0.6 is 11.6 Å². The summed E-state index contributed by atoms with van der Waals surface area (Å²) in [4.78, 5) is 1.91. The summed E-state index contributed by atoms with van der Waals surface area (Å²) in [7, 11) is 1.91. The summed E-state index contributed by atoms with van der Waals surface area (Å²) in [5, 5.41) is 7.58. The standard InChI is InChI=1S/C10H16ClN3O2/c1-7(11)9-12-13-10(16-9)14(2)6-8-4-3-5-15-8/h7-8H,3-6H2,1-2H3. The van der Waals surface area contributed by atoms with Crippen molar-refractivity contribution >= 4 is 17.6 Å². The number of ether oxygens (including phenoxy) is 1. The number of likely N-dealkylation sites (N-methyl/N-ethyl adjacent to an activating group) is 1. The molecule has 5 nitrogen and oxygen atoms in total. The van der Waals surface area contributed by atoms with Gasteiger partial charge in [-0.3, -0.25) is 0 Å². The molecule has 0 saturated carbocycles. The van der Waals surface area contributed by atoms with E-state index in [1.54, 1.807) is 6.92 Å². The maximum absolute atomic E-state index is 5.85. The predicted molar refractivity (Wildman–Crippen MR) is 60.8 cm³/mol. The molecule has 0 N–H and O–H groups in total. The fraction of sp³-hybridized carbons (Fsp3) is 0.800. The van der Waals surface area contributed by atoms with Crippen LogP contribution in [0.1, 0.15) is 31.0 Å². The molecule has 0 amide bonds. The highest BCUT2D eigenvalue weighted by Gasteiger charge is 2.20. The minimum Gasteiger partial charge on any atom is -0.406 e. The van der Waals surface area contributed by atoms with Crippen molar-refractivity contribution in [3.05, 3.63) is 5.89 Å². The molecule has 0 aromatic carbocycles. The van der Waals surface area contributed by atoms with Crippen LogP contribution in [-0.2, 0) is 4.74 Å². The summed E-state index contributed by atoms with van der Waals surface area (Å²) in [6, 6.07) is 0.498. The van der Waals surface area contributed by atoms with Crippen molar-refractivity contribution in [1.82, 2.24) is 10.2 Å². The average Bonchev–Trinajstić information content (AvgIpc) is 2.86. The van der Waals surface area contributed by atoms with Gasteiger partial charge in [0, 0.05) is 20.2 Å². The predicted octanol–water partition coefficient (Wildman–Crippen LogP) is 1.98. The van der Waals surface area contributed by atoms with Gasteiger partial charge < -0.3 is 14.1 Å². The largest absolute Gasteiger partial charge is 0.406 e. The van der Waals surface area contributed by atoms with Crippen LogP contribution in [0.15, 0.2) is 4.42 Å². The van der Waals surface area contributed by atoms with Gasteiger partial charge in [-0.15, -0.1) is 16.7 Å². The molecule has 2 atom stereocenters. The molecule has 0 spiro atoms. The van der Waals surface area contributed by atoms with E-state index in [0.29, 0.717) is 11.9 Å². The molecule has 1 aromatic rings. The Bertz CT molecular complexity index is 337. The molecule has 2 unspecified atom stereocenters. The van der Waals surface area contributed by atoms with Crippen LogP contribution < -0.4 is 4.90 Å². The van der Waals surface area contributed by atoms with E-state index in [9.17, 15) is 0 Å². The Morgan fingerprint density at radius 1 is 1.56 bits per heavy atom. The molecule has 0 aliphatic carbocycles. The number of halogens is 1. The van der Waals surface area contributed by atoms with Gasteiger partial charge in [-0.05, 0) is 19.8 Å². The maximum Gasteiger partial charge on any atom is 0.318 e. The van der Waals surface area contributed by atoms with E-state index < -0.39 is 0 Å². The average molecular weight is 246 g/mol. The number of nitrogens with zero attached hydrogens (tertiary/aromatic N) is 3. The highest BCUT2D eigenvalue weighted by atomic mass is 35.5. The summed E-state index contributed by atoms with van der Waals surface area (Å²) in [6.07, 6.45) is 2.50.